The lowest BCUT2D eigenvalue weighted by Gasteiger charge is -2.22. The highest BCUT2D eigenvalue weighted by molar-refractivity contribution is 7.99. The van der Waals surface area contributed by atoms with Crippen LogP contribution in [0, 0.1) is 0 Å². The molecule has 7 nitrogen and oxygen atoms in total. The van der Waals surface area contributed by atoms with Gasteiger partial charge in [-0.2, -0.15) is 0 Å². The van der Waals surface area contributed by atoms with Gasteiger partial charge >= 0.3 is 0 Å². The molecular weight excluding hydrogens is 402 g/mol. The molecule has 1 aromatic heterocycles. The molecule has 4 rings (SSSR count). The van der Waals surface area contributed by atoms with Crippen LogP contribution in [0.4, 0.5) is 0 Å². The number of hydrogen-bond acceptors (Lipinski definition) is 5. The maximum absolute atomic E-state index is 13.2. The summed E-state index contributed by atoms with van der Waals surface area (Å²) in [6, 6.07) is 14.6. The number of hydrogen-bond donors (Lipinski definition) is 2. The number of carbonyl (C=O) groups excluding carboxylic acids is 2. The minimum atomic E-state index is -0.506. The number of H-pyrrole nitrogens is 1. The number of ether oxygens (including phenoxy) is 2. The maximum atomic E-state index is 13.2. The van der Waals surface area contributed by atoms with E-state index in [2.05, 4.69) is 10.3 Å². The molecule has 2 N–H and O–H groups in total. The molecule has 1 fully saturated rings. The van der Waals surface area contributed by atoms with Crippen molar-refractivity contribution in [2.75, 3.05) is 25.8 Å². The van der Waals surface area contributed by atoms with Gasteiger partial charge in [-0.25, -0.2) is 0 Å². The summed E-state index contributed by atoms with van der Waals surface area (Å²) in [5.41, 5.74) is 2.16. The number of thioether (sulfide) groups is 1. The van der Waals surface area contributed by atoms with Gasteiger partial charge < -0.3 is 24.7 Å². The van der Waals surface area contributed by atoms with E-state index in [4.69, 9.17) is 9.47 Å². The van der Waals surface area contributed by atoms with Crippen molar-refractivity contribution in [2.24, 2.45) is 0 Å². The molecule has 2 amide bonds. The second-order valence-corrected chi connectivity index (χ2v) is 7.97. The van der Waals surface area contributed by atoms with Crippen LogP contribution in [-0.4, -0.2) is 53.6 Å². The molecule has 0 radical (unpaired) electrons. The highest BCUT2D eigenvalue weighted by atomic mass is 32.2. The maximum Gasteiger partial charge on any atom is 0.271 e. The molecule has 3 aromatic rings. The lowest BCUT2D eigenvalue weighted by atomic mass is 10.2. The van der Waals surface area contributed by atoms with E-state index in [1.807, 2.05) is 36.4 Å². The minimum absolute atomic E-state index is 0.146. The number of methoxy groups -OCH3 is 2. The van der Waals surface area contributed by atoms with Gasteiger partial charge in [0, 0.05) is 23.8 Å². The first-order chi connectivity index (χ1) is 14.6. The third kappa shape index (κ3) is 3.95. The largest absolute Gasteiger partial charge is 0.497 e. The van der Waals surface area contributed by atoms with Crippen LogP contribution in [0.2, 0.25) is 0 Å². The van der Waals surface area contributed by atoms with Gasteiger partial charge in [0.05, 0.1) is 25.6 Å². The molecule has 2 aromatic carbocycles. The Labute approximate surface area is 178 Å². The van der Waals surface area contributed by atoms with Crippen LogP contribution in [0.3, 0.4) is 0 Å². The number of fused-ring (bicyclic) bond motifs is 1. The van der Waals surface area contributed by atoms with Crippen molar-refractivity contribution in [1.29, 1.82) is 0 Å². The molecule has 0 aliphatic carbocycles. The molecule has 0 bridgehead atoms. The summed E-state index contributed by atoms with van der Waals surface area (Å²) in [4.78, 5) is 30.7. The van der Waals surface area contributed by atoms with Crippen LogP contribution in [0.5, 0.6) is 11.5 Å². The molecule has 0 saturated carbocycles. The zero-order valence-corrected chi connectivity index (χ0v) is 17.6. The van der Waals surface area contributed by atoms with Gasteiger partial charge in [0.25, 0.3) is 5.91 Å². The van der Waals surface area contributed by atoms with E-state index in [0.29, 0.717) is 35.4 Å². The van der Waals surface area contributed by atoms with Crippen molar-refractivity contribution in [3.8, 4) is 11.5 Å². The van der Waals surface area contributed by atoms with E-state index in [1.165, 1.54) is 0 Å². The van der Waals surface area contributed by atoms with Gasteiger partial charge in [-0.1, -0.05) is 30.3 Å². The van der Waals surface area contributed by atoms with Gasteiger partial charge in [-0.15, -0.1) is 11.8 Å². The Kier molecular flexibility index (Phi) is 5.85. The Hall–Kier alpha value is -3.13. The van der Waals surface area contributed by atoms with Gasteiger partial charge in [0.2, 0.25) is 5.91 Å². The zero-order chi connectivity index (χ0) is 21.1. The van der Waals surface area contributed by atoms with Crippen molar-refractivity contribution in [3.63, 3.8) is 0 Å². The first kappa shape index (κ1) is 20.2. The number of amides is 2. The number of benzene rings is 2. The Balaban J connectivity index is 1.52. The predicted octanol–water partition coefficient (Wildman–Crippen LogP) is 3.02. The summed E-state index contributed by atoms with van der Waals surface area (Å²) in [5, 5.41) is 3.76. The van der Waals surface area contributed by atoms with E-state index in [0.717, 1.165) is 16.5 Å². The van der Waals surface area contributed by atoms with Crippen LogP contribution < -0.4 is 14.8 Å². The summed E-state index contributed by atoms with van der Waals surface area (Å²) in [6.07, 6.45) is 0. The van der Waals surface area contributed by atoms with E-state index in [9.17, 15) is 9.59 Å². The summed E-state index contributed by atoms with van der Waals surface area (Å²) in [6.45, 7) is 0.437. The Morgan fingerprint density at radius 2 is 1.97 bits per heavy atom. The third-order valence-corrected chi connectivity index (χ3v) is 6.12. The molecule has 8 heteroatoms. The number of aromatic amines is 1. The van der Waals surface area contributed by atoms with Crippen molar-refractivity contribution < 1.29 is 19.1 Å². The molecule has 156 valence electrons. The highest BCUT2D eigenvalue weighted by Gasteiger charge is 2.35. The fraction of sp³-hybridized carbons (Fsp3) is 0.273. The lowest BCUT2D eigenvalue weighted by Crippen LogP contribution is -2.47. The molecule has 1 unspecified atom stereocenters. The van der Waals surface area contributed by atoms with Crippen molar-refractivity contribution in [2.45, 2.75) is 12.6 Å². The van der Waals surface area contributed by atoms with Gasteiger partial charge in [-0.05, 0) is 17.7 Å². The highest BCUT2D eigenvalue weighted by Crippen LogP contribution is 2.32. The number of aromatic nitrogens is 1. The summed E-state index contributed by atoms with van der Waals surface area (Å²) < 4.78 is 10.7. The third-order valence-electron chi connectivity index (χ3n) is 5.11. The average molecular weight is 426 g/mol. The number of carbonyl (C=O) groups is 2. The zero-order valence-electron chi connectivity index (χ0n) is 16.8. The number of nitrogens with zero attached hydrogens (tertiary/aromatic N) is 1. The Morgan fingerprint density at radius 3 is 2.70 bits per heavy atom. The molecule has 1 saturated heterocycles. The molecule has 1 aliphatic heterocycles. The van der Waals surface area contributed by atoms with Gasteiger partial charge in [0.15, 0.2) is 0 Å². The summed E-state index contributed by atoms with van der Waals surface area (Å²) in [7, 11) is 3.15. The van der Waals surface area contributed by atoms with Crippen molar-refractivity contribution >= 4 is 34.5 Å². The topological polar surface area (TPSA) is 83.7 Å². The van der Waals surface area contributed by atoms with Crippen LogP contribution in [0.1, 0.15) is 16.1 Å². The van der Waals surface area contributed by atoms with Crippen LogP contribution in [0.15, 0.2) is 48.5 Å². The van der Waals surface area contributed by atoms with Crippen molar-refractivity contribution in [3.05, 3.63) is 59.8 Å². The molecule has 1 atom stereocenters. The predicted molar refractivity (Wildman–Crippen MR) is 117 cm³/mol. The normalized spacial score (nSPS) is 15.9. The average Bonchev–Trinajstić information content (AvgIpc) is 3.44. The second kappa shape index (κ2) is 8.71. The van der Waals surface area contributed by atoms with E-state index in [1.54, 1.807) is 43.0 Å². The van der Waals surface area contributed by atoms with E-state index in [-0.39, 0.29) is 11.8 Å². The second-order valence-electron chi connectivity index (χ2n) is 6.97. The van der Waals surface area contributed by atoms with E-state index < -0.39 is 6.04 Å². The SMILES string of the molecule is COc1cc(OC)c2[nH]c(C(=O)N3CSCC3C(=O)NCc3ccccc3)cc2c1. The molecule has 0 spiro atoms. The van der Waals surface area contributed by atoms with Gasteiger partial charge in [0.1, 0.15) is 23.2 Å². The molecule has 2 heterocycles. The fourth-order valence-electron chi connectivity index (χ4n) is 3.50. The van der Waals surface area contributed by atoms with Crippen LogP contribution in [0.25, 0.3) is 10.9 Å². The number of nitrogens with one attached hydrogen (secondary N) is 2. The summed E-state index contributed by atoms with van der Waals surface area (Å²) in [5.74, 6) is 1.93. The first-order valence-electron chi connectivity index (χ1n) is 9.56. The summed E-state index contributed by atoms with van der Waals surface area (Å²) >= 11 is 1.57. The first-order valence-corrected chi connectivity index (χ1v) is 10.7. The smallest absolute Gasteiger partial charge is 0.271 e. The Bertz CT molecular complexity index is 1070. The lowest BCUT2D eigenvalue weighted by molar-refractivity contribution is -0.124. The van der Waals surface area contributed by atoms with Crippen molar-refractivity contribution in [1.82, 2.24) is 15.2 Å². The quantitative estimate of drug-likeness (QED) is 0.634. The minimum Gasteiger partial charge on any atom is -0.497 e. The van der Waals surface area contributed by atoms with E-state index >= 15 is 0 Å². The molecule has 1 aliphatic rings. The fourth-order valence-corrected chi connectivity index (χ4v) is 4.65. The molecular formula is C22H23N3O4S. The van der Waals surface area contributed by atoms with Crippen LogP contribution in [-0.2, 0) is 11.3 Å². The molecule has 30 heavy (non-hydrogen) atoms. The van der Waals surface area contributed by atoms with Crippen LogP contribution >= 0.6 is 11.8 Å². The number of rotatable bonds is 6. The standard InChI is InChI=1S/C22H23N3O4S/c1-28-16-8-15-9-17(24-20(15)19(10-16)29-2)22(27)25-13-30-12-18(25)21(26)23-11-14-6-4-3-5-7-14/h3-10,18,24H,11-13H2,1-2H3,(H,23,26). The monoisotopic (exact) mass is 425 g/mol. The Morgan fingerprint density at radius 1 is 1.17 bits per heavy atom. The van der Waals surface area contributed by atoms with Gasteiger partial charge in [-0.3, -0.25) is 9.59 Å².